The number of hydrogen-bond donors (Lipinski definition) is 4. The third kappa shape index (κ3) is 3.97. The number of imide groups is 1. The van der Waals surface area contributed by atoms with Crippen LogP contribution < -0.4 is 16.6 Å². The number of aromatic nitrogens is 2. The van der Waals surface area contributed by atoms with Gasteiger partial charge in [0.1, 0.15) is 0 Å². The molecule has 0 bridgehead atoms. The Kier molecular flexibility index (Phi) is 4.45. The van der Waals surface area contributed by atoms with Gasteiger partial charge in [-0.15, -0.1) is 0 Å². The Bertz CT molecular complexity index is 592. The minimum Gasteiger partial charge on any atom is -0.354 e. The van der Waals surface area contributed by atoms with E-state index in [4.69, 9.17) is 5.11 Å². The van der Waals surface area contributed by atoms with E-state index in [-0.39, 0.29) is 5.56 Å². The van der Waals surface area contributed by atoms with Crippen LogP contribution >= 0.6 is 0 Å². The van der Waals surface area contributed by atoms with Gasteiger partial charge >= 0.3 is 11.7 Å². The largest absolute Gasteiger partial charge is 0.354 e. The lowest BCUT2D eigenvalue weighted by molar-refractivity contribution is -0.168. The highest BCUT2D eigenvalue weighted by atomic mass is 16.6. The molecule has 0 fully saturated rings. The molecule has 0 saturated heterocycles. The van der Waals surface area contributed by atoms with Crippen molar-refractivity contribution in [3.05, 3.63) is 33.1 Å². The van der Waals surface area contributed by atoms with Crippen molar-refractivity contribution in [2.75, 3.05) is 7.11 Å². The van der Waals surface area contributed by atoms with E-state index in [0.29, 0.717) is 0 Å². The zero-order chi connectivity index (χ0) is 14.5. The van der Waals surface area contributed by atoms with Gasteiger partial charge in [-0.3, -0.25) is 19.9 Å². The van der Waals surface area contributed by atoms with E-state index in [1.807, 2.05) is 4.98 Å². The van der Waals surface area contributed by atoms with Crippen molar-refractivity contribution in [1.82, 2.24) is 15.3 Å². The molecule has 10 nitrogen and oxygen atoms in total. The Labute approximate surface area is 105 Å². The fourth-order valence-electron chi connectivity index (χ4n) is 0.952. The van der Waals surface area contributed by atoms with Gasteiger partial charge in [0.05, 0.1) is 6.21 Å². The summed E-state index contributed by atoms with van der Waals surface area (Å²) in [5, 5.41) is 10.9. The third-order valence-electron chi connectivity index (χ3n) is 1.90. The lowest BCUT2D eigenvalue weighted by atomic mass is 10.2. The number of amides is 3. The van der Waals surface area contributed by atoms with E-state index in [9.17, 15) is 19.2 Å². The lowest BCUT2D eigenvalue weighted by Crippen LogP contribution is -2.54. The van der Waals surface area contributed by atoms with Crippen LogP contribution in [0.25, 0.3) is 0 Å². The fraction of sp³-hybridized carbons (Fsp3) is 0.222. The van der Waals surface area contributed by atoms with E-state index in [2.05, 4.69) is 14.7 Å². The number of carbonyl (C=O) groups is 2. The van der Waals surface area contributed by atoms with Crippen molar-refractivity contribution in [3.8, 4) is 0 Å². The topological polar surface area (TPSA) is 154 Å². The van der Waals surface area contributed by atoms with Gasteiger partial charge in [-0.05, 0) is 0 Å². The molecule has 1 aromatic heterocycles. The first-order valence-corrected chi connectivity index (χ1v) is 4.83. The van der Waals surface area contributed by atoms with Crippen LogP contribution in [0.2, 0.25) is 0 Å². The molecule has 0 radical (unpaired) electrons. The minimum absolute atomic E-state index is 0.381. The summed E-state index contributed by atoms with van der Waals surface area (Å²) in [5.41, 5.74) is -0.855. The second-order valence-electron chi connectivity index (χ2n) is 3.21. The number of ether oxygens (including phenoxy) is 1. The molecule has 102 valence electrons. The first kappa shape index (κ1) is 14.5. The predicted molar refractivity (Wildman–Crippen MR) is 61.7 cm³/mol. The average Bonchev–Trinajstić information content (AvgIpc) is 2.35. The van der Waals surface area contributed by atoms with Crippen molar-refractivity contribution < 1.29 is 19.4 Å². The van der Waals surface area contributed by atoms with E-state index in [1.54, 1.807) is 5.32 Å². The van der Waals surface area contributed by atoms with Crippen LogP contribution in [0.4, 0.5) is 4.79 Å². The molecule has 19 heavy (non-hydrogen) atoms. The number of rotatable bonds is 1. The van der Waals surface area contributed by atoms with Crippen LogP contribution in [0.3, 0.4) is 0 Å². The first-order valence-electron chi connectivity index (χ1n) is 4.83. The molecular formula is C9H10N4O6. The molecule has 4 N–H and O–H groups in total. The Morgan fingerprint density at radius 2 is 2.00 bits per heavy atom. The normalized spacial score (nSPS) is 21.4. The summed E-state index contributed by atoms with van der Waals surface area (Å²) in [5.74, 6) is -3.03. The molecule has 0 spiro atoms. The molecule has 1 atom stereocenters. The van der Waals surface area contributed by atoms with Gasteiger partial charge in [-0.1, -0.05) is 0 Å². The van der Waals surface area contributed by atoms with Crippen molar-refractivity contribution in [3.63, 3.8) is 0 Å². The molecule has 1 aliphatic rings. The van der Waals surface area contributed by atoms with Gasteiger partial charge < -0.3 is 14.8 Å². The second-order valence-corrected chi connectivity index (χ2v) is 3.21. The first-order chi connectivity index (χ1) is 8.87. The van der Waals surface area contributed by atoms with Gasteiger partial charge in [-0.25, -0.2) is 9.59 Å². The van der Waals surface area contributed by atoms with Gasteiger partial charge in [0.2, 0.25) is 0 Å². The average molecular weight is 270 g/mol. The molecule has 3 amide bonds. The standard InChI is InChI=1S/C5H6N2O4.C4H4N2O2/c1-11-5(10)2-6-4(9)7-3(5)8;7-3-1-2-5-4(8)6-3/h2,10H,1H3,(H,7,8,9);1-2H,(H2,5,6,7,8). The van der Waals surface area contributed by atoms with Crippen LogP contribution in [0.5, 0.6) is 0 Å². The molecule has 1 aromatic rings. The highest BCUT2D eigenvalue weighted by molar-refractivity contribution is 6.13. The summed E-state index contributed by atoms with van der Waals surface area (Å²) in [7, 11) is 1.13. The Morgan fingerprint density at radius 1 is 1.32 bits per heavy atom. The van der Waals surface area contributed by atoms with Gasteiger partial charge in [-0.2, -0.15) is 4.99 Å². The van der Waals surface area contributed by atoms with E-state index < -0.39 is 23.4 Å². The van der Waals surface area contributed by atoms with E-state index in [0.717, 1.165) is 13.3 Å². The van der Waals surface area contributed by atoms with Crippen LogP contribution in [-0.4, -0.2) is 46.1 Å². The monoisotopic (exact) mass is 270 g/mol. The molecule has 2 heterocycles. The number of nitrogens with one attached hydrogen (secondary N) is 3. The van der Waals surface area contributed by atoms with Crippen molar-refractivity contribution in [1.29, 1.82) is 0 Å². The summed E-state index contributed by atoms with van der Waals surface area (Å²) >= 11 is 0. The van der Waals surface area contributed by atoms with Gasteiger partial charge in [0.25, 0.3) is 17.3 Å². The summed E-state index contributed by atoms with van der Waals surface area (Å²) in [6.45, 7) is 0. The molecule has 1 unspecified atom stereocenters. The maximum absolute atomic E-state index is 10.8. The van der Waals surface area contributed by atoms with Crippen LogP contribution in [-0.2, 0) is 9.53 Å². The highest BCUT2D eigenvalue weighted by Gasteiger charge is 2.38. The number of urea groups is 1. The zero-order valence-electron chi connectivity index (χ0n) is 9.67. The quantitative estimate of drug-likeness (QED) is 0.421. The number of carbonyl (C=O) groups excluding carboxylic acids is 2. The summed E-state index contributed by atoms with van der Waals surface area (Å²) in [4.78, 5) is 48.9. The summed E-state index contributed by atoms with van der Waals surface area (Å²) < 4.78 is 4.38. The van der Waals surface area contributed by atoms with E-state index in [1.165, 1.54) is 12.3 Å². The highest BCUT2D eigenvalue weighted by Crippen LogP contribution is 2.05. The molecule has 0 saturated carbocycles. The lowest BCUT2D eigenvalue weighted by Gasteiger charge is -2.21. The van der Waals surface area contributed by atoms with E-state index >= 15 is 0 Å². The summed E-state index contributed by atoms with van der Waals surface area (Å²) in [6, 6.07) is 0.429. The maximum Gasteiger partial charge on any atom is 0.347 e. The molecule has 0 aromatic carbocycles. The molecule has 1 aliphatic heterocycles. The molecule has 0 aliphatic carbocycles. The summed E-state index contributed by atoms with van der Waals surface area (Å²) in [6.07, 6.45) is 2.04. The number of nitrogens with zero attached hydrogens (tertiary/aromatic N) is 1. The predicted octanol–water partition coefficient (Wildman–Crippen LogP) is -2.29. The number of hydrogen-bond acceptors (Lipinski definition) is 6. The van der Waals surface area contributed by atoms with Crippen LogP contribution in [0.15, 0.2) is 26.8 Å². The van der Waals surface area contributed by atoms with Crippen molar-refractivity contribution in [2.24, 2.45) is 4.99 Å². The molecule has 2 rings (SSSR count). The van der Waals surface area contributed by atoms with Gasteiger partial charge in [0.15, 0.2) is 0 Å². The number of aliphatic hydroxyl groups is 1. The van der Waals surface area contributed by atoms with Crippen LogP contribution in [0.1, 0.15) is 0 Å². The van der Waals surface area contributed by atoms with Crippen molar-refractivity contribution >= 4 is 18.2 Å². The Balaban J connectivity index is 0.000000200. The number of aromatic amines is 2. The van der Waals surface area contributed by atoms with Crippen LogP contribution in [0, 0.1) is 0 Å². The minimum atomic E-state index is -2.10. The smallest absolute Gasteiger partial charge is 0.347 e. The number of methoxy groups -OCH3 is 1. The molecular weight excluding hydrogens is 260 g/mol. The zero-order valence-corrected chi connectivity index (χ0v) is 9.67. The molecule has 10 heteroatoms. The Morgan fingerprint density at radius 3 is 2.42 bits per heavy atom. The third-order valence-corrected chi connectivity index (χ3v) is 1.90. The Hall–Kier alpha value is -2.59. The fourth-order valence-corrected chi connectivity index (χ4v) is 0.952. The second kappa shape index (κ2) is 5.84. The maximum atomic E-state index is 10.8. The van der Waals surface area contributed by atoms with Gasteiger partial charge in [0, 0.05) is 19.4 Å². The number of H-pyrrole nitrogens is 2. The van der Waals surface area contributed by atoms with Crippen molar-refractivity contribution in [2.45, 2.75) is 5.79 Å². The SMILES string of the molecule is COC1(O)C=NC(=O)NC1=O.O=c1cc[nH]c(=O)[nH]1. The number of aliphatic imine (C=N–C) groups is 1.